The number of benzene rings is 2. The van der Waals surface area contributed by atoms with Crippen LogP contribution in [0.4, 0.5) is 5.69 Å². The predicted molar refractivity (Wildman–Crippen MR) is 83.1 cm³/mol. The van der Waals surface area contributed by atoms with Gasteiger partial charge in [-0.2, -0.15) is 0 Å². The number of anilines is 1. The van der Waals surface area contributed by atoms with Crippen LogP contribution in [-0.4, -0.2) is 4.98 Å². The summed E-state index contributed by atoms with van der Waals surface area (Å²) in [6.07, 6.45) is 0. The number of halogens is 1. The van der Waals surface area contributed by atoms with E-state index < -0.39 is 0 Å². The highest BCUT2D eigenvalue weighted by Gasteiger charge is 2.02. The monoisotopic (exact) mass is 288 g/mol. The first-order valence-corrected chi connectivity index (χ1v) is 7.26. The highest BCUT2D eigenvalue weighted by Crippen LogP contribution is 2.25. The molecule has 0 bridgehead atoms. The second kappa shape index (κ2) is 5.19. The molecule has 0 aliphatic rings. The Hall–Kier alpha value is -1.58. The lowest BCUT2D eigenvalue weighted by molar-refractivity contribution is 1.15. The molecule has 2 aromatic carbocycles. The van der Waals surface area contributed by atoms with Gasteiger partial charge in [-0.15, -0.1) is 11.3 Å². The van der Waals surface area contributed by atoms with E-state index in [4.69, 9.17) is 11.6 Å². The Bertz CT molecular complexity index is 721. The van der Waals surface area contributed by atoms with Crippen LogP contribution in [0.2, 0.25) is 5.02 Å². The molecule has 0 saturated carbocycles. The van der Waals surface area contributed by atoms with Gasteiger partial charge >= 0.3 is 0 Å². The van der Waals surface area contributed by atoms with E-state index in [0.29, 0.717) is 0 Å². The number of fused-ring (bicyclic) bond motifs is 1. The van der Waals surface area contributed by atoms with Crippen LogP contribution < -0.4 is 5.32 Å². The van der Waals surface area contributed by atoms with Crippen molar-refractivity contribution in [2.24, 2.45) is 0 Å². The van der Waals surface area contributed by atoms with Crippen molar-refractivity contribution in [1.29, 1.82) is 0 Å². The molecule has 1 aromatic heterocycles. The molecule has 1 N–H and O–H groups in total. The summed E-state index contributed by atoms with van der Waals surface area (Å²) in [6.45, 7) is 2.75. The summed E-state index contributed by atoms with van der Waals surface area (Å²) in [5.41, 5.74) is 3.26. The lowest BCUT2D eigenvalue weighted by atomic mass is 10.2. The van der Waals surface area contributed by atoms with Crippen molar-refractivity contribution in [1.82, 2.24) is 4.98 Å². The Morgan fingerprint density at radius 3 is 2.89 bits per heavy atom. The van der Waals surface area contributed by atoms with Gasteiger partial charge in [0.1, 0.15) is 0 Å². The molecule has 0 saturated heterocycles. The maximum atomic E-state index is 6.14. The van der Waals surface area contributed by atoms with Gasteiger partial charge in [-0.3, -0.25) is 0 Å². The fourth-order valence-electron chi connectivity index (χ4n) is 1.99. The van der Waals surface area contributed by atoms with E-state index in [1.165, 1.54) is 4.70 Å². The molecule has 0 spiro atoms. The zero-order valence-electron chi connectivity index (χ0n) is 10.5. The van der Waals surface area contributed by atoms with E-state index in [0.717, 1.165) is 33.3 Å². The van der Waals surface area contributed by atoms with Gasteiger partial charge in [0, 0.05) is 17.3 Å². The molecule has 0 radical (unpaired) electrons. The zero-order valence-corrected chi connectivity index (χ0v) is 12.1. The molecule has 0 aliphatic carbocycles. The third-order valence-electron chi connectivity index (χ3n) is 2.94. The second-order valence-corrected chi connectivity index (χ2v) is 6.00. The summed E-state index contributed by atoms with van der Waals surface area (Å²) in [6, 6.07) is 14.1. The predicted octanol–water partition coefficient (Wildman–Crippen LogP) is 4.87. The van der Waals surface area contributed by atoms with Gasteiger partial charge in [0.15, 0.2) is 0 Å². The van der Waals surface area contributed by atoms with Crippen molar-refractivity contribution in [3.05, 3.63) is 58.1 Å². The number of hydrogen-bond donors (Lipinski definition) is 1. The van der Waals surface area contributed by atoms with Gasteiger partial charge in [-0.25, -0.2) is 4.98 Å². The van der Waals surface area contributed by atoms with Crippen LogP contribution in [-0.2, 0) is 6.54 Å². The van der Waals surface area contributed by atoms with Gasteiger partial charge < -0.3 is 5.32 Å². The second-order valence-electron chi connectivity index (χ2n) is 4.36. The van der Waals surface area contributed by atoms with Crippen LogP contribution in [0.3, 0.4) is 0 Å². The standard InChI is InChI=1S/C15H13ClN2S/c1-10-18-14-7-6-12(8-15(14)19-10)17-9-11-4-2-3-5-13(11)16/h2-8,17H,9H2,1H3. The molecule has 4 heteroatoms. The lowest BCUT2D eigenvalue weighted by Gasteiger charge is -2.07. The number of aromatic nitrogens is 1. The first-order chi connectivity index (χ1) is 9.22. The summed E-state index contributed by atoms with van der Waals surface area (Å²) < 4.78 is 1.21. The summed E-state index contributed by atoms with van der Waals surface area (Å²) >= 11 is 7.85. The fraction of sp³-hybridized carbons (Fsp3) is 0.133. The fourth-order valence-corrected chi connectivity index (χ4v) is 3.06. The van der Waals surface area contributed by atoms with E-state index in [1.807, 2.05) is 37.3 Å². The number of nitrogens with zero attached hydrogens (tertiary/aromatic N) is 1. The summed E-state index contributed by atoms with van der Waals surface area (Å²) in [5, 5.41) is 5.29. The molecular formula is C15H13ClN2S. The third kappa shape index (κ3) is 2.72. The van der Waals surface area contributed by atoms with Crippen molar-refractivity contribution >= 4 is 38.8 Å². The van der Waals surface area contributed by atoms with E-state index in [-0.39, 0.29) is 0 Å². The number of hydrogen-bond acceptors (Lipinski definition) is 3. The average molecular weight is 289 g/mol. The number of rotatable bonds is 3. The molecule has 96 valence electrons. The van der Waals surface area contributed by atoms with E-state index in [1.54, 1.807) is 11.3 Å². The molecule has 3 aromatic rings. The SMILES string of the molecule is Cc1nc2ccc(NCc3ccccc3Cl)cc2s1. The Kier molecular flexibility index (Phi) is 3.40. The van der Waals surface area contributed by atoms with Crippen molar-refractivity contribution in [3.63, 3.8) is 0 Å². The van der Waals surface area contributed by atoms with E-state index in [2.05, 4.69) is 22.4 Å². The first kappa shape index (κ1) is 12.5. The van der Waals surface area contributed by atoms with Gasteiger partial charge in [-0.1, -0.05) is 29.8 Å². The zero-order chi connectivity index (χ0) is 13.2. The molecule has 19 heavy (non-hydrogen) atoms. The van der Waals surface area contributed by atoms with Crippen molar-refractivity contribution in [2.75, 3.05) is 5.32 Å². The van der Waals surface area contributed by atoms with Gasteiger partial charge in [0.25, 0.3) is 0 Å². The molecule has 0 atom stereocenters. The number of thiazole rings is 1. The van der Waals surface area contributed by atoms with Crippen LogP contribution in [0, 0.1) is 6.92 Å². The van der Waals surface area contributed by atoms with Crippen molar-refractivity contribution in [3.8, 4) is 0 Å². The topological polar surface area (TPSA) is 24.9 Å². The Morgan fingerprint density at radius 1 is 1.21 bits per heavy atom. The van der Waals surface area contributed by atoms with E-state index in [9.17, 15) is 0 Å². The maximum Gasteiger partial charge on any atom is 0.0907 e. The highest BCUT2D eigenvalue weighted by atomic mass is 35.5. The minimum absolute atomic E-state index is 0.725. The molecule has 0 unspecified atom stereocenters. The number of aryl methyl sites for hydroxylation is 1. The Labute approximate surface area is 121 Å². The molecule has 0 amide bonds. The van der Waals surface area contributed by atoms with Crippen LogP contribution in [0.25, 0.3) is 10.2 Å². The Morgan fingerprint density at radius 2 is 2.05 bits per heavy atom. The van der Waals surface area contributed by atoms with Crippen LogP contribution in [0.1, 0.15) is 10.6 Å². The largest absolute Gasteiger partial charge is 0.381 e. The summed E-state index contributed by atoms with van der Waals surface area (Å²) in [5.74, 6) is 0. The molecule has 2 nitrogen and oxygen atoms in total. The average Bonchev–Trinajstić information content (AvgIpc) is 2.77. The quantitative estimate of drug-likeness (QED) is 0.744. The van der Waals surface area contributed by atoms with Gasteiger partial charge in [-0.05, 0) is 36.8 Å². The highest BCUT2D eigenvalue weighted by molar-refractivity contribution is 7.18. The van der Waals surface area contributed by atoms with E-state index >= 15 is 0 Å². The van der Waals surface area contributed by atoms with Crippen LogP contribution in [0.15, 0.2) is 42.5 Å². The normalized spacial score (nSPS) is 10.8. The summed E-state index contributed by atoms with van der Waals surface area (Å²) in [7, 11) is 0. The minimum Gasteiger partial charge on any atom is -0.381 e. The molecule has 0 aliphatic heterocycles. The third-order valence-corrected chi connectivity index (χ3v) is 4.24. The maximum absolute atomic E-state index is 6.14. The van der Waals surface area contributed by atoms with Crippen molar-refractivity contribution in [2.45, 2.75) is 13.5 Å². The smallest absolute Gasteiger partial charge is 0.0907 e. The number of nitrogens with one attached hydrogen (secondary N) is 1. The molecule has 3 rings (SSSR count). The molecular weight excluding hydrogens is 276 g/mol. The first-order valence-electron chi connectivity index (χ1n) is 6.07. The van der Waals surface area contributed by atoms with Gasteiger partial charge in [0.05, 0.1) is 15.2 Å². The summed E-state index contributed by atoms with van der Waals surface area (Å²) in [4.78, 5) is 4.46. The lowest BCUT2D eigenvalue weighted by Crippen LogP contribution is -1.99. The molecule has 0 fully saturated rings. The molecule has 1 heterocycles. The Balaban J connectivity index is 1.80. The van der Waals surface area contributed by atoms with Gasteiger partial charge in [0.2, 0.25) is 0 Å². The van der Waals surface area contributed by atoms with Crippen LogP contribution in [0.5, 0.6) is 0 Å². The van der Waals surface area contributed by atoms with Crippen LogP contribution >= 0.6 is 22.9 Å². The minimum atomic E-state index is 0.725. The van der Waals surface area contributed by atoms with Crippen molar-refractivity contribution < 1.29 is 0 Å².